The third-order valence-electron chi connectivity index (χ3n) is 4.72. The Morgan fingerprint density at radius 3 is 1.27 bits per heavy atom. The van der Waals surface area contributed by atoms with Crippen LogP contribution in [-0.2, 0) is 9.68 Å². The van der Waals surface area contributed by atoms with E-state index in [1.54, 1.807) is 48.5 Å². The molecule has 0 unspecified atom stereocenters. The van der Waals surface area contributed by atoms with Crippen molar-refractivity contribution in [3.05, 3.63) is 70.8 Å². The van der Waals surface area contributed by atoms with E-state index >= 15 is 0 Å². The Kier molecular flexibility index (Phi) is 6.63. The highest BCUT2D eigenvalue weighted by atomic mass is 16.6. The minimum absolute atomic E-state index is 0.00255. The molecule has 170 valence electrons. The molecular formula is C22H24N8O3. The number of nitrogens with two attached hydrogens (primary N) is 4. The average molecular weight is 448 g/mol. The van der Waals surface area contributed by atoms with E-state index in [0.29, 0.717) is 44.9 Å². The maximum atomic E-state index is 7.60. The second kappa shape index (κ2) is 9.56. The van der Waals surface area contributed by atoms with Crippen molar-refractivity contribution < 1.29 is 14.1 Å². The van der Waals surface area contributed by atoms with Crippen LogP contribution in [0.2, 0.25) is 0 Å². The predicted molar refractivity (Wildman–Crippen MR) is 127 cm³/mol. The Balaban J connectivity index is 2.33. The highest BCUT2D eigenvalue weighted by Gasteiger charge is 2.28. The average Bonchev–Trinajstić information content (AvgIpc) is 3.20. The van der Waals surface area contributed by atoms with Crippen molar-refractivity contribution in [1.29, 1.82) is 10.8 Å². The first-order valence-electron chi connectivity index (χ1n) is 9.58. The minimum Gasteiger partial charge on any atom is -0.454 e. The maximum absolute atomic E-state index is 7.60. The molecule has 0 radical (unpaired) electrons. The monoisotopic (exact) mass is 448 g/mol. The third-order valence-corrected chi connectivity index (χ3v) is 4.72. The number of nitrogens with zero attached hydrogens (tertiary/aromatic N) is 2. The van der Waals surface area contributed by atoms with E-state index in [2.05, 4.69) is 10.3 Å². The predicted octanol–water partition coefficient (Wildman–Crippen LogP) is 1.72. The zero-order valence-electron chi connectivity index (χ0n) is 18.0. The van der Waals surface area contributed by atoms with Crippen molar-refractivity contribution in [1.82, 2.24) is 0 Å². The van der Waals surface area contributed by atoms with Gasteiger partial charge in [0.15, 0.2) is 11.7 Å². The number of nitrogen functional groups attached to an aromatic ring is 2. The summed E-state index contributed by atoms with van der Waals surface area (Å²) >= 11 is 0. The third kappa shape index (κ3) is 4.61. The summed E-state index contributed by atoms with van der Waals surface area (Å²) in [4.78, 5) is 9.76. The van der Waals surface area contributed by atoms with Gasteiger partial charge in [-0.1, -0.05) is 58.8 Å². The molecule has 0 atom stereocenters. The zero-order chi connectivity index (χ0) is 24.1. The zero-order valence-corrected chi connectivity index (χ0v) is 18.0. The molecule has 0 amide bonds. The topological polar surface area (TPSA) is 208 Å². The highest BCUT2D eigenvalue weighted by molar-refractivity contribution is 6.16. The summed E-state index contributed by atoms with van der Waals surface area (Å²) in [6.45, 7) is 0. The molecule has 0 saturated carbocycles. The van der Waals surface area contributed by atoms with E-state index in [-0.39, 0.29) is 23.3 Å². The molecule has 2 aromatic carbocycles. The van der Waals surface area contributed by atoms with E-state index in [1.165, 1.54) is 14.2 Å². The second-order valence-corrected chi connectivity index (χ2v) is 6.81. The van der Waals surface area contributed by atoms with E-state index in [9.17, 15) is 0 Å². The molecule has 3 aromatic rings. The van der Waals surface area contributed by atoms with Crippen molar-refractivity contribution in [2.24, 2.45) is 33.2 Å². The number of rotatable bonds is 8. The van der Waals surface area contributed by atoms with Gasteiger partial charge >= 0.3 is 0 Å². The van der Waals surface area contributed by atoms with Crippen LogP contribution in [0.15, 0.2) is 63.3 Å². The number of furan rings is 1. The largest absolute Gasteiger partial charge is 0.454 e. The summed E-state index contributed by atoms with van der Waals surface area (Å²) in [6, 6.07) is 13.7. The van der Waals surface area contributed by atoms with Gasteiger partial charge in [-0.2, -0.15) is 0 Å². The molecule has 10 N–H and O–H groups in total. The minimum atomic E-state index is -0.0647. The molecule has 0 aliphatic heterocycles. The van der Waals surface area contributed by atoms with Crippen molar-refractivity contribution in [3.8, 4) is 22.6 Å². The van der Waals surface area contributed by atoms with Gasteiger partial charge in [0.2, 0.25) is 0 Å². The molecule has 0 fully saturated rings. The molecule has 1 aromatic heterocycles. The Morgan fingerprint density at radius 2 is 1.00 bits per heavy atom. The molecule has 0 saturated heterocycles. The molecule has 0 aliphatic rings. The second-order valence-electron chi connectivity index (χ2n) is 6.81. The summed E-state index contributed by atoms with van der Waals surface area (Å²) in [7, 11) is 2.73. The van der Waals surface area contributed by atoms with Crippen LogP contribution in [0.3, 0.4) is 0 Å². The van der Waals surface area contributed by atoms with Gasteiger partial charge in [0, 0.05) is 22.3 Å². The maximum Gasteiger partial charge on any atom is 0.174 e. The SMILES string of the molecule is CON=C(N)c1c(-c2ccc(C(=N)N)cc2)oc(-c2ccc(C(=N)N)cc2)c1/C(N)=N\OC. The molecule has 11 heteroatoms. The molecule has 0 bridgehead atoms. The van der Waals surface area contributed by atoms with Crippen molar-refractivity contribution >= 4 is 23.3 Å². The van der Waals surface area contributed by atoms with Crippen LogP contribution in [0.25, 0.3) is 22.6 Å². The quantitative estimate of drug-likeness (QED) is 0.170. The fourth-order valence-corrected chi connectivity index (χ4v) is 3.22. The lowest BCUT2D eigenvalue weighted by atomic mass is 9.99. The van der Waals surface area contributed by atoms with E-state index < -0.39 is 0 Å². The number of oxime groups is 2. The summed E-state index contributed by atoms with van der Waals surface area (Å²) in [5, 5.41) is 22.9. The number of amidine groups is 4. The first-order chi connectivity index (χ1) is 15.8. The van der Waals surface area contributed by atoms with Gasteiger partial charge in [0.25, 0.3) is 0 Å². The number of benzene rings is 2. The number of hydrogen-bond acceptors (Lipinski definition) is 7. The molecular weight excluding hydrogens is 424 g/mol. The standard InChI is InChI=1S/C22H24N8O3/c1-31-29-21(27)15-16(22(28)30-32-2)18(12-5-9-14(10-6-12)20(25)26)33-17(15)11-3-7-13(8-4-11)19(23)24/h3-10H,1-2H3,(H3,23,24)(H3,25,26)(H2,27,29)(H2,28,30). The lowest BCUT2D eigenvalue weighted by Crippen LogP contribution is -2.22. The molecule has 11 nitrogen and oxygen atoms in total. The molecule has 0 aliphatic carbocycles. The van der Waals surface area contributed by atoms with Gasteiger partial charge in [-0.15, -0.1) is 0 Å². The number of hydrogen-bond donors (Lipinski definition) is 6. The van der Waals surface area contributed by atoms with Crippen molar-refractivity contribution in [3.63, 3.8) is 0 Å². The Bertz CT molecular complexity index is 1150. The van der Waals surface area contributed by atoms with Gasteiger partial charge < -0.3 is 37.0 Å². The van der Waals surface area contributed by atoms with Crippen molar-refractivity contribution in [2.45, 2.75) is 0 Å². The molecule has 0 spiro atoms. The summed E-state index contributed by atoms with van der Waals surface area (Å²) in [6.07, 6.45) is 0. The Hall–Kier alpha value is -4.80. The first-order valence-corrected chi connectivity index (χ1v) is 9.58. The fraction of sp³-hybridized carbons (Fsp3) is 0.0909. The van der Waals surface area contributed by atoms with E-state index in [4.69, 9.17) is 47.8 Å². The number of nitrogens with one attached hydrogen (secondary N) is 2. The van der Waals surface area contributed by atoms with Crippen molar-refractivity contribution in [2.75, 3.05) is 14.2 Å². The fourth-order valence-electron chi connectivity index (χ4n) is 3.22. The lowest BCUT2D eigenvalue weighted by molar-refractivity contribution is 0.212. The Labute approximate surface area is 189 Å². The smallest absolute Gasteiger partial charge is 0.174 e. The summed E-state index contributed by atoms with van der Waals surface area (Å²) in [5.74, 6) is 0.567. The van der Waals surface area contributed by atoms with Gasteiger partial charge in [-0.3, -0.25) is 10.8 Å². The van der Waals surface area contributed by atoms with Crippen LogP contribution >= 0.6 is 0 Å². The van der Waals surface area contributed by atoms with Crippen LogP contribution in [0, 0.1) is 10.8 Å². The first kappa shape index (κ1) is 22.9. The Morgan fingerprint density at radius 1 is 0.667 bits per heavy atom. The molecule has 33 heavy (non-hydrogen) atoms. The van der Waals surface area contributed by atoms with Gasteiger partial charge in [-0.05, 0) is 0 Å². The van der Waals surface area contributed by atoms with E-state index in [0.717, 1.165) is 0 Å². The molecule has 3 rings (SSSR count). The summed E-state index contributed by atoms with van der Waals surface area (Å²) < 4.78 is 6.25. The van der Waals surface area contributed by atoms with Crippen LogP contribution in [-0.4, -0.2) is 37.6 Å². The van der Waals surface area contributed by atoms with Gasteiger partial charge in [0.05, 0.1) is 11.1 Å². The van der Waals surface area contributed by atoms with Crippen LogP contribution < -0.4 is 22.9 Å². The molecule has 1 heterocycles. The summed E-state index contributed by atoms with van der Waals surface area (Å²) in [5.41, 5.74) is 26.6. The van der Waals surface area contributed by atoms with Crippen LogP contribution in [0.1, 0.15) is 22.3 Å². The normalized spacial score (nSPS) is 11.8. The highest BCUT2D eigenvalue weighted by Crippen LogP contribution is 2.37. The van der Waals surface area contributed by atoms with E-state index in [1.807, 2.05) is 0 Å². The van der Waals surface area contributed by atoms with Gasteiger partial charge in [-0.25, -0.2) is 0 Å². The van der Waals surface area contributed by atoms with Gasteiger partial charge in [0.1, 0.15) is 37.4 Å². The van der Waals surface area contributed by atoms with Crippen LogP contribution in [0.4, 0.5) is 0 Å². The lowest BCUT2D eigenvalue weighted by Gasteiger charge is -2.07. The van der Waals surface area contributed by atoms with Crippen LogP contribution in [0.5, 0.6) is 0 Å².